The zero-order chi connectivity index (χ0) is 20.8. The van der Waals surface area contributed by atoms with Gasteiger partial charge < -0.3 is 9.84 Å². The lowest BCUT2D eigenvalue weighted by Crippen LogP contribution is -2.41. The van der Waals surface area contributed by atoms with Gasteiger partial charge in [0.15, 0.2) is 0 Å². The van der Waals surface area contributed by atoms with Gasteiger partial charge in [-0.3, -0.25) is 9.69 Å². The summed E-state index contributed by atoms with van der Waals surface area (Å²) in [6, 6.07) is 7.14. The molecule has 1 saturated heterocycles. The first-order valence-electron chi connectivity index (χ1n) is 8.37. The first-order chi connectivity index (χ1) is 13.7. The number of urea groups is 1. The molecule has 1 unspecified atom stereocenters. The minimum atomic E-state index is -4.57. The Bertz CT molecular complexity index is 1080. The number of rotatable bonds is 4. The lowest BCUT2D eigenvalue weighted by molar-refractivity contribution is -0.138. The van der Waals surface area contributed by atoms with Crippen LogP contribution in [0.25, 0.3) is 10.7 Å². The average Bonchev–Trinajstić information content (AvgIpc) is 3.39. The Hall–Kier alpha value is -3.21. The second kappa shape index (κ2) is 6.69. The van der Waals surface area contributed by atoms with E-state index in [9.17, 15) is 22.8 Å². The molecule has 0 bridgehead atoms. The van der Waals surface area contributed by atoms with Crippen molar-refractivity contribution in [1.29, 1.82) is 0 Å². The molecule has 1 aliphatic rings. The zero-order valence-electron chi connectivity index (χ0n) is 14.9. The highest BCUT2D eigenvalue weighted by Crippen LogP contribution is 2.35. The number of nitrogens with zero attached hydrogens (tertiary/aromatic N) is 3. The number of imide groups is 1. The van der Waals surface area contributed by atoms with E-state index in [1.807, 2.05) is 11.4 Å². The number of hydrogen-bond donors (Lipinski definition) is 1. The quantitative estimate of drug-likeness (QED) is 0.647. The number of hydrogen-bond acceptors (Lipinski definition) is 6. The summed E-state index contributed by atoms with van der Waals surface area (Å²) in [5.74, 6) is -0.356. The molecule has 1 N–H and O–H groups in total. The number of carbonyl (C=O) groups is 2. The molecular formula is C18H13F3N4O3S. The van der Waals surface area contributed by atoms with Crippen molar-refractivity contribution in [3.63, 3.8) is 0 Å². The van der Waals surface area contributed by atoms with Crippen LogP contribution < -0.4 is 5.32 Å². The molecule has 0 radical (unpaired) electrons. The summed E-state index contributed by atoms with van der Waals surface area (Å²) in [5.41, 5.74) is -2.53. The highest BCUT2D eigenvalue weighted by Gasteiger charge is 2.50. The van der Waals surface area contributed by atoms with E-state index in [0.717, 1.165) is 21.9 Å². The van der Waals surface area contributed by atoms with Crippen molar-refractivity contribution in [1.82, 2.24) is 20.4 Å². The van der Waals surface area contributed by atoms with Crippen LogP contribution in [0.15, 0.2) is 46.3 Å². The number of alkyl halides is 3. The molecule has 150 valence electrons. The maximum atomic E-state index is 13.0. The third kappa shape index (κ3) is 3.37. The predicted molar refractivity (Wildman–Crippen MR) is 95.5 cm³/mol. The standard InChI is InChI=1S/C18H13F3N4O3S/c1-17(10-4-2-5-11(8-10)18(19,20)21)15(26)25(16(27)23-17)9-13-22-14(24-28-13)12-6-3-7-29-12/h2-8H,9H2,1H3,(H,23,27). The van der Waals surface area contributed by atoms with Gasteiger partial charge in [0.1, 0.15) is 12.1 Å². The van der Waals surface area contributed by atoms with Crippen LogP contribution in [0.2, 0.25) is 0 Å². The van der Waals surface area contributed by atoms with Gasteiger partial charge in [-0.15, -0.1) is 11.3 Å². The minimum absolute atomic E-state index is 0.0259. The van der Waals surface area contributed by atoms with Gasteiger partial charge in [-0.2, -0.15) is 18.2 Å². The Morgan fingerprint density at radius 3 is 2.72 bits per heavy atom. The Labute approximate surface area is 166 Å². The zero-order valence-corrected chi connectivity index (χ0v) is 15.7. The molecule has 2 aromatic heterocycles. The lowest BCUT2D eigenvalue weighted by Gasteiger charge is -2.23. The summed E-state index contributed by atoms with van der Waals surface area (Å²) in [6.45, 7) is 1.06. The molecule has 0 saturated carbocycles. The van der Waals surface area contributed by atoms with E-state index in [1.54, 1.807) is 6.07 Å². The average molecular weight is 422 g/mol. The van der Waals surface area contributed by atoms with Gasteiger partial charge in [0.25, 0.3) is 5.91 Å². The van der Waals surface area contributed by atoms with Crippen molar-refractivity contribution in [3.05, 3.63) is 58.8 Å². The maximum absolute atomic E-state index is 13.0. The van der Waals surface area contributed by atoms with E-state index >= 15 is 0 Å². The van der Waals surface area contributed by atoms with E-state index in [-0.39, 0.29) is 18.0 Å². The molecule has 3 aromatic rings. The number of aromatic nitrogens is 2. The van der Waals surface area contributed by atoms with Gasteiger partial charge in [-0.1, -0.05) is 23.4 Å². The first-order valence-corrected chi connectivity index (χ1v) is 9.25. The molecule has 1 fully saturated rings. The number of amides is 3. The molecule has 0 spiro atoms. The van der Waals surface area contributed by atoms with Crippen molar-refractivity contribution in [2.24, 2.45) is 0 Å². The number of halogens is 3. The van der Waals surface area contributed by atoms with Crippen LogP contribution in [0.1, 0.15) is 23.9 Å². The normalized spacial score (nSPS) is 19.7. The van der Waals surface area contributed by atoms with Crippen LogP contribution >= 0.6 is 11.3 Å². The maximum Gasteiger partial charge on any atom is 0.416 e. The number of carbonyl (C=O) groups excluding carboxylic acids is 2. The van der Waals surface area contributed by atoms with Crippen molar-refractivity contribution >= 4 is 23.3 Å². The number of thiophene rings is 1. The molecule has 1 atom stereocenters. The molecule has 3 heterocycles. The number of benzene rings is 1. The van der Waals surface area contributed by atoms with E-state index in [0.29, 0.717) is 5.82 Å². The predicted octanol–water partition coefficient (Wildman–Crippen LogP) is 3.78. The Morgan fingerprint density at radius 2 is 2.03 bits per heavy atom. The van der Waals surface area contributed by atoms with Crippen LogP contribution in [0, 0.1) is 0 Å². The van der Waals surface area contributed by atoms with Crippen LogP contribution in [-0.2, 0) is 23.1 Å². The first kappa shape index (κ1) is 19.1. The van der Waals surface area contributed by atoms with Crippen molar-refractivity contribution in [2.45, 2.75) is 25.2 Å². The molecule has 4 rings (SSSR count). The SMILES string of the molecule is CC1(c2cccc(C(F)(F)F)c2)NC(=O)N(Cc2nc(-c3cccs3)no2)C1=O. The largest absolute Gasteiger partial charge is 0.416 e. The second-order valence-corrected chi connectivity index (χ2v) is 7.46. The fourth-order valence-electron chi connectivity index (χ4n) is 3.00. The van der Waals surface area contributed by atoms with Gasteiger partial charge in [0, 0.05) is 0 Å². The molecule has 1 aliphatic heterocycles. The second-order valence-electron chi connectivity index (χ2n) is 6.51. The van der Waals surface area contributed by atoms with Crippen LogP contribution in [0.4, 0.5) is 18.0 Å². The smallest absolute Gasteiger partial charge is 0.337 e. The van der Waals surface area contributed by atoms with E-state index in [2.05, 4.69) is 15.5 Å². The van der Waals surface area contributed by atoms with Crippen LogP contribution in [-0.4, -0.2) is 27.0 Å². The molecule has 3 amide bonds. The summed E-state index contributed by atoms with van der Waals surface area (Å²) >= 11 is 1.40. The molecule has 7 nitrogen and oxygen atoms in total. The molecular weight excluding hydrogens is 409 g/mol. The van der Waals surface area contributed by atoms with Crippen molar-refractivity contribution in [3.8, 4) is 10.7 Å². The monoisotopic (exact) mass is 422 g/mol. The third-order valence-electron chi connectivity index (χ3n) is 4.55. The molecule has 1 aromatic carbocycles. The van der Waals surface area contributed by atoms with E-state index < -0.39 is 29.2 Å². The third-order valence-corrected chi connectivity index (χ3v) is 5.41. The van der Waals surface area contributed by atoms with E-state index in [4.69, 9.17) is 4.52 Å². The summed E-state index contributed by atoms with van der Waals surface area (Å²) in [6.07, 6.45) is -4.57. The van der Waals surface area contributed by atoms with Crippen LogP contribution in [0.5, 0.6) is 0 Å². The van der Waals surface area contributed by atoms with E-state index in [1.165, 1.54) is 30.4 Å². The van der Waals surface area contributed by atoms with Gasteiger partial charge >= 0.3 is 12.2 Å². The summed E-state index contributed by atoms with van der Waals surface area (Å²) in [4.78, 5) is 31.0. The summed E-state index contributed by atoms with van der Waals surface area (Å²) in [5, 5.41) is 8.11. The topological polar surface area (TPSA) is 88.3 Å². The van der Waals surface area contributed by atoms with Gasteiger partial charge in [0.2, 0.25) is 11.7 Å². The lowest BCUT2D eigenvalue weighted by atomic mass is 9.90. The fraction of sp³-hybridized carbons (Fsp3) is 0.222. The fourth-order valence-corrected chi connectivity index (χ4v) is 3.65. The summed E-state index contributed by atoms with van der Waals surface area (Å²) < 4.78 is 44.2. The molecule has 29 heavy (non-hydrogen) atoms. The highest BCUT2D eigenvalue weighted by atomic mass is 32.1. The Balaban J connectivity index is 1.59. The Kier molecular flexibility index (Phi) is 4.41. The van der Waals surface area contributed by atoms with Gasteiger partial charge in [-0.25, -0.2) is 4.79 Å². The van der Waals surface area contributed by atoms with Crippen molar-refractivity contribution < 1.29 is 27.3 Å². The van der Waals surface area contributed by atoms with Gasteiger partial charge in [0.05, 0.1) is 10.4 Å². The number of nitrogens with one attached hydrogen (secondary N) is 1. The molecule has 11 heteroatoms. The molecule has 0 aliphatic carbocycles. The minimum Gasteiger partial charge on any atom is -0.337 e. The highest BCUT2D eigenvalue weighted by molar-refractivity contribution is 7.13. The van der Waals surface area contributed by atoms with Crippen LogP contribution in [0.3, 0.4) is 0 Å². The van der Waals surface area contributed by atoms with Gasteiger partial charge in [-0.05, 0) is 36.1 Å². The summed E-state index contributed by atoms with van der Waals surface area (Å²) in [7, 11) is 0. The van der Waals surface area contributed by atoms with Crippen molar-refractivity contribution in [2.75, 3.05) is 0 Å². The Morgan fingerprint density at radius 1 is 1.24 bits per heavy atom.